The Balaban J connectivity index is 0.000000371. The smallest absolute Gasteiger partial charge is 0.411 e. The molecule has 0 saturated carbocycles. The Morgan fingerprint density at radius 2 is 1.24 bits per heavy atom. The summed E-state index contributed by atoms with van der Waals surface area (Å²) in [7, 11) is 5.50. The van der Waals surface area contributed by atoms with Crippen molar-refractivity contribution in [1.29, 1.82) is 0 Å². The maximum absolute atomic E-state index is 11.2. The van der Waals surface area contributed by atoms with E-state index in [1.807, 2.05) is 13.8 Å². The van der Waals surface area contributed by atoms with Gasteiger partial charge in [-0.3, -0.25) is 20.4 Å². The van der Waals surface area contributed by atoms with Gasteiger partial charge in [0.25, 0.3) is 0 Å². The number of amides is 4. The minimum absolute atomic E-state index is 0.134. The number of carbonyl (C=O) groups is 4. The SMILES string of the molecule is COC(=O)Nc1c(C)cc(N(C)C(=O)O)cc1C.COC(=O)Nc1ccc(N(C)C(=O)O)cc1C(C)C. The van der Waals surface area contributed by atoms with Crippen molar-refractivity contribution in [3.63, 3.8) is 0 Å². The van der Waals surface area contributed by atoms with Crippen LogP contribution in [0.5, 0.6) is 0 Å². The van der Waals surface area contributed by atoms with Gasteiger partial charge in [-0.2, -0.15) is 0 Å². The molecule has 4 N–H and O–H groups in total. The third-order valence-electron chi connectivity index (χ3n) is 5.36. The number of benzene rings is 2. The van der Waals surface area contributed by atoms with Gasteiger partial charge in [0.15, 0.2) is 0 Å². The minimum Gasteiger partial charge on any atom is -0.465 e. The Hall–Kier alpha value is -4.48. The molecule has 0 aromatic heterocycles. The van der Waals surface area contributed by atoms with Crippen molar-refractivity contribution in [3.05, 3.63) is 47.0 Å². The zero-order valence-electron chi connectivity index (χ0n) is 22.2. The van der Waals surface area contributed by atoms with Gasteiger partial charge in [0.1, 0.15) is 0 Å². The number of aryl methyl sites for hydroxylation is 2. The molecule has 0 saturated heterocycles. The maximum atomic E-state index is 11.2. The second-order valence-electron chi connectivity index (χ2n) is 8.30. The fraction of sp³-hybridized carbons (Fsp3) is 0.360. The van der Waals surface area contributed by atoms with Gasteiger partial charge in [0.2, 0.25) is 0 Å². The molecule has 0 fully saturated rings. The molecule has 0 aliphatic carbocycles. The molecule has 2 aromatic carbocycles. The van der Waals surface area contributed by atoms with E-state index < -0.39 is 24.4 Å². The number of ether oxygens (including phenoxy) is 2. The highest BCUT2D eigenvalue weighted by molar-refractivity contribution is 5.90. The number of anilines is 4. The van der Waals surface area contributed by atoms with Crippen LogP contribution < -0.4 is 20.4 Å². The Morgan fingerprint density at radius 3 is 1.68 bits per heavy atom. The zero-order chi connectivity index (χ0) is 28.4. The first-order valence-corrected chi connectivity index (χ1v) is 11.1. The van der Waals surface area contributed by atoms with E-state index in [4.69, 9.17) is 10.2 Å². The van der Waals surface area contributed by atoms with Crippen LogP contribution in [0.15, 0.2) is 30.3 Å². The maximum Gasteiger partial charge on any atom is 0.411 e. The van der Waals surface area contributed by atoms with Crippen molar-refractivity contribution in [2.45, 2.75) is 33.6 Å². The largest absolute Gasteiger partial charge is 0.465 e. The highest BCUT2D eigenvalue weighted by Crippen LogP contribution is 2.29. The fourth-order valence-electron chi connectivity index (χ4n) is 3.22. The summed E-state index contributed by atoms with van der Waals surface area (Å²) in [6.45, 7) is 7.50. The van der Waals surface area contributed by atoms with E-state index in [-0.39, 0.29) is 5.92 Å². The summed E-state index contributed by atoms with van der Waals surface area (Å²) < 4.78 is 9.08. The Morgan fingerprint density at radius 1 is 0.784 bits per heavy atom. The molecular formula is C25H34N4O8. The molecule has 0 bridgehead atoms. The van der Waals surface area contributed by atoms with Crippen LogP contribution in [0.2, 0.25) is 0 Å². The number of carboxylic acid groups (broad SMARTS) is 2. The molecular weight excluding hydrogens is 484 g/mol. The number of rotatable bonds is 5. The van der Waals surface area contributed by atoms with Crippen LogP contribution in [0.4, 0.5) is 41.9 Å². The molecule has 2 rings (SSSR count). The number of methoxy groups -OCH3 is 2. The van der Waals surface area contributed by atoms with Crippen LogP contribution in [0.25, 0.3) is 0 Å². The molecule has 37 heavy (non-hydrogen) atoms. The van der Waals surface area contributed by atoms with Crippen molar-refractivity contribution < 1.29 is 38.9 Å². The molecule has 0 aliphatic heterocycles. The molecule has 0 atom stereocenters. The van der Waals surface area contributed by atoms with Crippen molar-refractivity contribution in [2.24, 2.45) is 0 Å². The molecule has 4 amide bonds. The first kappa shape index (κ1) is 30.6. The van der Waals surface area contributed by atoms with Gasteiger partial charge in [0, 0.05) is 36.8 Å². The average molecular weight is 519 g/mol. The molecule has 0 unspecified atom stereocenters. The zero-order valence-corrected chi connectivity index (χ0v) is 22.2. The predicted octanol–water partition coefficient (Wildman–Crippen LogP) is 5.70. The minimum atomic E-state index is -1.04. The van der Waals surface area contributed by atoms with Gasteiger partial charge in [-0.1, -0.05) is 13.8 Å². The topological polar surface area (TPSA) is 158 Å². The van der Waals surface area contributed by atoms with E-state index >= 15 is 0 Å². The number of nitrogens with one attached hydrogen (secondary N) is 2. The van der Waals surface area contributed by atoms with E-state index in [0.717, 1.165) is 26.5 Å². The average Bonchev–Trinajstić information content (AvgIpc) is 2.85. The Labute approximate surface area is 215 Å². The van der Waals surface area contributed by atoms with Crippen molar-refractivity contribution in [3.8, 4) is 0 Å². The van der Waals surface area contributed by atoms with E-state index in [1.165, 1.54) is 28.3 Å². The summed E-state index contributed by atoms with van der Waals surface area (Å²) >= 11 is 0. The monoisotopic (exact) mass is 518 g/mol. The third-order valence-corrected chi connectivity index (χ3v) is 5.36. The normalized spacial score (nSPS) is 9.97. The van der Waals surface area contributed by atoms with E-state index in [1.54, 1.807) is 44.2 Å². The lowest BCUT2D eigenvalue weighted by atomic mass is 10.00. The van der Waals surface area contributed by atoms with Gasteiger partial charge in [-0.05, 0) is 66.8 Å². The van der Waals surface area contributed by atoms with Crippen molar-refractivity contribution in [2.75, 3.05) is 48.7 Å². The van der Waals surface area contributed by atoms with Crippen LogP contribution in [0.1, 0.15) is 36.5 Å². The third kappa shape index (κ3) is 8.60. The summed E-state index contributed by atoms with van der Waals surface area (Å²) in [5.41, 5.74) is 4.72. The molecule has 12 nitrogen and oxygen atoms in total. The van der Waals surface area contributed by atoms with Crippen LogP contribution in [-0.4, -0.2) is 62.9 Å². The second-order valence-corrected chi connectivity index (χ2v) is 8.30. The van der Waals surface area contributed by atoms with E-state index in [0.29, 0.717) is 22.7 Å². The second kappa shape index (κ2) is 13.6. The van der Waals surface area contributed by atoms with Crippen LogP contribution >= 0.6 is 0 Å². The van der Waals surface area contributed by atoms with Gasteiger partial charge >= 0.3 is 24.4 Å². The standard InChI is InChI=1S/C13H18N2O4.C12H16N2O4/c1-8(2)10-7-9(15(3)13(17)18)5-6-11(10)14-12(16)19-4;1-7-5-9(14(3)12(16)17)6-8(2)10(7)13-11(15)18-4/h5-8H,1-4H3,(H,14,16)(H,17,18);5-6H,1-4H3,(H,13,15)(H,16,17). The number of nitrogens with zero attached hydrogens (tertiary/aromatic N) is 2. The first-order chi connectivity index (χ1) is 17.2. The molecule has 12 heteroatoms. The Kier molecular flexibility index (Phi) is 11.2. The number of hydrogen-bond donors (Lipinski definition) is 4. The quantitative estimate of drug-likeness (QED) is 0.392. The fourth-order valence-corrected chi connectivity index (χ4v) is 3.22. The van der Waals surface area contributed by atoms with Crippen molar-refractivity contribution in [1.82, 2.24) is 0 Å². The molecule has 0 aliphatic rings. The molecule has 2 aromatic rings. The molecule has 0 heterocycles. The van der Waals surface area contributed by atoms with E-state index in [9.17, 15) is 19.2 Å². The molecule has 202 valence electrons. The van der Waals surface area contributed by atoms with Gasteiger partial charge in [-0.25, -0.2) is 19.2 Å². The highest BCUT2D eigenvalue weighted by Gasteiger charge is 2.15. The molecule has 0 spiro atoms. The van der Waals surface area contributed by atoms with Crippen LogP contribution in [0, 0.1) is 13.8 Å². The summed E-state index contributed by atoms with van der Waals surface area (Å²) in [4.78, 5) is 46.4. The van der Waals surface area contributed by atoms with Gasteiger partial charge in [0.05, 0.1) is 14.2 Å². The lowest BCUT2D eigenvalue weighted by Crippen LogP contribution is -2.24. The van der Waals surface area contributed by atoms with Crippen LogP contribution in [-0.2, 0) is 9.47 Å². The summed E-state index contributed by atoms with van der Waals surface area (Å²) in [5.74, 6) is 0.134. The summed E-state index contributed by atoms with van der Waals surface area (Å²) in [6.07, 6.45) is -3.19. The number of carbonyl (C=O) groups excluding carboxylic acids is 2. The Bertz CT molecular complexity index is 1130. The van der Waals surface area contributed by atoms with Gasteiger partial charge < -0.3 is 19.7 Å². The summed E-state index contributed by atoms with van der Waals surface area (Å²) in [6, 6.07) is 8.41. The summed E-state index contributed by atoms with van der Waals surface area (Å²) in [5, 5.41) is 23.1. The van der Waals surface area contributed by atoms with Gasteiger partial charge in [-0.15, -0.1) is 0 Å². The number of hydrogen-bond acceptors (Lipinski definition) is 6. The molecule has 0 radical (unpaired) electrons. The lowest BCUT2D eigenvalue weighted by molar-refractivity contribution is 0.186. The van der Waals surface area contributed by atoms with Crippen LogP contribution in [0.3, 0.4) is 0 Å². The predicted molar refractivity (Wildman–Crippen MR) is 141 cm³/mol. The first-order valence-electron chi connectivity index (χ1n) is 11.1. The highest BCUT2D eigenvalue weighted by atomic mass is 16.5. The van der Waals surface area contributed by atoms with E-state index in [2.05, 4.69) is 20.1 Å². The van der Waals surface area contributed by atoms with Crippen molar-refractivity contribution >= 4 is 47.1 Å². The lowest BCUT2D eigenvalue weighted by Gasteiger charge is -2.18.